The van der Waals surface area contributed by atoms with Crippen LogP contribution in [0.3, 0.4) is 0 Å². The highest BCUT2D eigenvalue weighted by Crippen LogP contribution is 2.19. The van der Waals surface area contributed by atoms with Gasteiger partial charge in [0.1, 0.15) is 11.3 Å². The normalized spacial score (nSPS) is 13.0. The Balaban J connectivity index is 3.00. The van der Waals surface area contributed by atoms with Crippen molar-refractivity contribution >= 4 is 11.6 Å². The second-order valence-corrected chi connectivity index (χ2v) is 2.96. The second kappa shape index (κ2) is 3.83. The maximum Gasteiger partial charge on any atom is 0.137 e. The van der Waals surface area contributed by atoms with Crippen LogP contribution >= 0.6 is 11.6 Å². The van der Waals surface area contributed by atoms with Crippen LogP contribution in [0.4, 0.5) is 4.39 Å². The maximum absolute atomic E-state index is 13.0. The van der Waals surface area contributed by atoms with Crippen molar-refractivity contribution in [2.75, 3.05) is 6.54 Å². The molecular weight excluding hydrogens is 179 g/mol. The van der Waals surface area contributed by atoms with Gasteiger partial charge in [0.25, 0.3) is 0 Å². The molecule has 2 N–H and O–H groups in total. The quantitative estimate of drug-likeness (QED) is 0.722. The Hall–Kier alpha value is -0.670. The highest BCUT2D eigenvalue weighted by Gasteiger charge is 2.08. The van der Waals surface area contributed by atoms with E-state index in [0.717, 1.165) is 0 Å². The summed E-state index contributed by atoms with van der Waals surface area (Å²) in [6.07, 6.45) is -1.15. The number of pyridine rings is 1. The molecule has 2 nitrogen and oxygen atoms in total. The van der Waals surface area contributed by atoms with E-state index in [1.54, 1.807) is 13.0 Å². The highest BCUT2D eigenvalue weighted by molar-refractivity contribution is 6.29. The lowest BCUT2D eigenvalue weighted by Gasteiger charge is -2.06. The van der Waals surface area contributed by atoms with E-state index >= 15 is 0 Å². The summed E-state index contributed by atoms with van der Waals surface area (Å²) in [6, 6.07) is 3.13. The van der Waals surface area contributed by atoms with Crippen LogP contribution in [0.1, 0.15) is 17.4 Å². The van der Waals surface area contributed by atoms with Gasteiger partial charge in [-0.1, -0.05) is 11.6 Å². The Bertz CT molecular complexity index is 258. The van der Waals surface area contributed by atoms with E-state index in [1.165, 1.54) is 6.07 Å². The van der Waals surface area contributed by atoms with Gasteiger partial charge in [0, 0.05) is 12.2 Å². The fourth-order valence-corrected chi connectivity index (χ4v) is 1.23. The van der Waals surface area contributed by atoms with Crippen LogP contribution in [0.15, 0.2) is 12.1 Å². The largest absolute Gasteiger partial charge is 0.327 e. The Labute approximate surface area is 75.6 Å². The first-order chi connectivity index (χ1) is 5.63. The van der Waals surface area contributed by atoms with Crippen molar-refractivity contribution in [3.8, 4) is 0 Å². The number of hydrogen-bond acceptors (Lipinski definition) is 2. The van der Waals surface area contributed by atoms with Crippen LogP contribution in [0, 0.1) is 6.92 Å². The van der Waals surface area contributed by atoms with Gasteiger partial charge in [-0.15, -0.1) is 0 Å². The summed E-state index contributed by atoms with van der Waals surface area (Å²) < 4.78 is 13.0. The van der Waals surface area contributed by atoms with Crippen LogP contribution < -0.4 is 5.73 Å². The summed E-state index contributed by atoms with van der Waals surface area (Å²) in [5.74, 6) is 0. The Morgan fingerprint density at radius 1 is 1.67 bits per heavy atom. The Kier molecular flexibility index (Phi) is 3.00. The molecule has 1 aromatic heterocycles. The topological polar surface area (TPSA) is 38.9 Å². The summed E-state index contributed by atoms with van der Waals surface area (Å²) in [7, 11) is 0. The number of alkyl halides is 1. The number of aromatic nitrogens is 1. The molecule has 0 aliphatic heterocycles. The first-order valence-electron chi connectivity index (χ1n) is 3.61. The molecule has 0 amide bonds. The fourth-order valence-electron chi connectivity index (χ4n) is 0.970. The van der Waals surface area contributed by atoms with Crippen LogP contribution in [0.25, 0.3) is 0 Å². The predicted molar refractivity (Wildman–Crippen MR) is 46.9 cm³/mol. The van der Waals surface area contributed by atoms with Crippen molar-refractivity contribution in [2.24, 2.45) is 5.73 Å². The maximum atomic E-state index is 13.0. The number of nitrogens with zero attached hydrogens (tertiary/aromatic N) is 1. The Morgan fingerprint density at radius 2 is 2.33 bits per heavy atom. The average Bonchev–Trinajstić information content (AvgIpc) is 2.01. The van der Waals surface area contributed by atoms with Crippen LogP contribution in [0.5, 0.6) is 0 Å². The van der Waals surface area contributed by atoms with E-state index in [9.17, 15) is 4.39 Å². The first-order valence-corrected chi connectivity index (χ1v) is 3.99. The lowest BCUT2D eigenvalue weighted by molar-refractivity contribution is 0.352. The van der Waals surface area contributed by atoms with Gasteiger partial charge in [0.2, 0.25) is 0 Å². The van der Waals surface area contributed by atoms with E-state index < -0.39 is 6.17 Å². The molecule has 12 heavy (non-hydrogen) atoms. The molecule has 1 unspecified atom stereocenters. The molecule has 1 atom stereocenters. The molecule has 0 radical (unpaired) electrons. The van der Waals surface area contributed by atoms with E-state index in [2.05, 4.69) is 4.98 Å². The standard InChI is InChI=1S/C8H10ClFN2/c1-5-2-6(7(10)4-11)3-8(9)12-5/h2-3,7H,4,11H2,1H3. The molecule has 0 saturated carbocycles. The van der Waals surface area contributed by atoms with Crippen molar-refractivity contribution in [2.45, 2.75) is 13.1 Å². The first kappa shape index (κ1) is 9.42. The van der Waals surface area contributed by atoms with Crippen molar-refractivity contribution in [3.63, 3.8) is 0 Å². The predicted octanol–water partition coefficient (Wildman–Crippen LogP) is 2.01. The van der Waals surface area contributed by atoms with Gasteiger partial charge >= 0.3 is 0 Å². The summed E-state index contributed by atoms with van der Waals surface area (Å²) in [5.41, 5.74) is 6.36. The van der Waals surface area contributed by atoms with Crippen LogP contribution in [0.2, 0.25) is 5.15 Å². The van der Waals surface area contributed by atoms with Crippen LogP contribution in [-0.4, -0.2) is 11.5 Å². The van der Waals surface area contributed by atoms with E-state index in [4.69, 9.17) is 17.3 Å². The van der Waals surface area contributed by atoms with Crippen molar-refractivity contribution in [1.29, 1.82) is 0 Å². The molecule has 0 fully saturated rings. The van der Waals surface area contributed by atoms with Gasteiger partial charge in [0.15, 0.2) is 0 Å². The van der Waals surface area contributed by atoms with Gasteiger partial charge in [-0.25, -0.2) is 9.37 Å². The van der Waals surface area contributed by atoms with Crippen LogP contribution in [-0.2, 0) is 0 Å². The molecule has 0 aliphatic carbocycles. The molecule has 0 aliphatic rings. The molecule has 0 spiro atoms. The minimum absolute atomic E-state index is 0.0280. The molecular formula is C8H10ClFN2. The van der Waals surface area contributed by atoms with Crippen molar-refractivity contribution in [1.82, 2.24) is 4.98 Å². The molecule has 0 saturated heterocycles. The number of aryl methyl sites for hydroxylation is 1. The number of rotatable bonds is 2. The molecule has 0 aromatic carbocycles. The monoisotopic (exact) mass is 188 g/mol. The van der Waals surface area contributed by atoms with Gasteiger partial charge < -0.3 is 5.73 Å². The zero-order valence-electron chi connectivity index (χ0n) is 6.72. The minimum atomic E-state index is -1.15. The van der Waals surface area contributed by atoms with Gasteiger partial charge in [-0.05, 0) is 24.6 Å². The summed E-state index contributed by atoms with van der Waals surface area (Å²) in [5, 5.41) is 0.307. The Morgan fingerprint density at radius 3 is 2.83 bits per heavy atom. The molecule has 4 heteroatoms. The third-order valence-electron chi connectivity index (χ3n) is 1.51. The lowest BCUT2D eigenvalue weighted by atomic mass is 10.1. The summed E-state index contributed by atoms with van der Waals surface area (Å²) in [4.78, 5) is 3.91. The summed E-state index contributed by atoms with van der Waals surface area (Å²) in [6.45, 7) is 1.73. The smallest absolute Gasteiger partial charge is 0.137 e. The third-order valence-corrected chi connectivity index (χ3v) is 1.71. The molecule has 1 rings (SSSR count). The SMILES string of the molecule is Cc1cc(C(F)CN)cc(Cl)n1. The second-order valence-electron chi connectivity index (χ2n) is 2.57. The average molecular weight is 189 g/mol. The van der Waals surface area contributed by atoms with Gasteiger partial charge in [-0.2, -0.15) is 0 Å². The van der Waals surface area contributed by atoms with Gasteiger partial charge in [0.05, 0.1) is 0 Å². The lowest BCUT2D eigenvalue weighted by Crippen LogP contribution is -2.08. The summed E-state index contributed by atoms with van der Waals surface area (Å²) >= 11 is 5.63. The number of nitrogens with two attached hydrogens (primary N) is 1. The van der Waals surface area contributed by atoms with E-state index in [0.29, 0.717) is 16.4 Å². The fraction of sp³-hybridized carbons (Fsp3) is 0.375. The van der Waals surface area contributed by atoms with E-state index in [-0.39, 0.29) is 6.54 Å². The molecule has 66 valence electrons. The van der Waals surface area contributed by atoms with Gasteiger partial charge in [-0.3, -0.25) is 0 Å². The highest BCUT2D eigenvalue weighted by atomic mass is 35.5. The number of hydrogen-bond donors (Lipinski definition) is 1. The van der Waals surface area contributed by atoms with Crippen molar-refractivity contribution < 1.29 is 4.39 Å². The molecule has 1 heterocycles. The number of halogens is 2. The van der Waals surface area contributed by atoms with Crippen molar-refractivity contribution in [3.05, 3.63) is 28.5 Å². The molecule has 0 bridgehead atoms. The van der Waals surface area contributed by atoms with E-state index in [1.807, 2.05) is 0 Å². The minimum Gasteiger partial charge on any atom is -0.327 e. The zero-order chi connectivity index (χ0) is 9.14. The molecule has 1 aromatic rings. The zero-order valence-corrected chi connectivity index (χ0v) is 7.48. The third kappa shape index (κ3) is 2.16.